The van der Waals surface area contributed by atoms with E-state index in [4.69, 9.17) is 4.74 Å². The molecule has 3 fully saturated rings. The number of urea groups is 1. The highest BCUT2D eigenvalue weighted by molar-refractivity contribution is 7.89. The highest BCUT2D eigenvalue weighted by Gasteiger charge is 2.31. The molecule has 0 radical (unpaired) electrons. The number of rotatable bonds is 11. The Bertz CT molecular complexity index is 2450. The van der Waals surface area contributed by atoms with Crippen molar-refractivity contribution < 1.29 is 22.7 Å². The highest BCUT2D eigenvalue weighted by Crippen LogP contribution is 2.34. The van der Waals surface area contributed by atoms with Crippen LogP contribution >= 0.6 is 0 Å². The van der Waals surface area contributed by atoms with Gasteiger partial charge < -0.3 is 10.1 Å². The number of carbonyl (C=O) groups is 2. The third-order valence-corrected chi connectivity index (χ3v) is 13.1. The number of hydrogen-bond acceptors (Lipinski definition) is 11. The first kappa shape index (κ1) is 37.7. The molecule has 56 heavy (non-hydrogen) atoms. The van der Waals surface area contributed by atoms with E-state index in [0.29, 0.717) is 80.4 Å². The molecule has 6 heterocycles. The number of sulfonamides is 1. The Hall–Kier alpha value is -5.23. The number of pyridine rings is 1. The molecule has 3 aliphatic rings. The fourth-order valence-electron chi connectivity index (χ4n) is 8.07. The van der Waals surface area contributed by atoms with E-state index in [0.717, 1.165) is 47.8 Å². The second-order valence-corrected chi connectivity index (χ2v) is 16.7. The molecule has 3 aliphatic heterocycles. The molecule has 16 nitrogen and oxygen atoms in total. The zero-order chi connectivity index (χ0) is 39.0. The van der Waals surface area contributed by atoms with Gasteiger partial charge in [0, 0.05) is 75.8 Å². The summed E-state index contributed by atoms with van der Waals surface area (Å²) in [6.45, 7) is 4.21. The van der Waals surface area contributed by atoms with Gasteiger partial charge in [-0.3, -0.25) is 34.0 Å². The number of ether oxygens (including phenoxy) is 1. The van der Waals surface area contributed by atoms with Crippen LogP contribution in [0.4, 0.5) is 16.6 Å². The van der Waals surface area contributed by atoms with E-state index >= 15 is 0 Å². The maximum absolute atomic E-state index is 13.8. The van der Waals surface area contributed by atoms with Gasteiger partial charge in [-0.15, -0.1) is 0 Å². The minimum atomic E-state index is -3.69. The number of nitrogens with zero attached hydrogens (tertiary/aromatic N) is 8. The summed E-state index contributed by atoms with van der Waals surface area (Å²) in [6, 6.07) is 16.4. The number of aromatic nitrogens is 5. The summed E-state index contributed by atoms with van der Waals surface area (Å²) >= 11 is 0. The van der Waals surface area contributed by atoms with Crippen LogP contribution in [0.1, 0.15) is 49.1 Å². The van der Waals surface area contributed by atoms with Crippen molar-refractivity contribution in [3.8, 4) is 0 Å². The van der Waals surface area contributed by atoms with Gasteiger partial charge in [-0.2, -0.15) is 14.4 Å². The molecule has 2 aromatic carbocycles. The molecule has 0 aliphatic carbocycles. The minimum Gasteiger partial charge on any atom is -0.383 e. The lowest BCUT2D eigenvalue weighted by Gasteiger charge is -2.33. The van der Waals surface area contributed by atoms with Crippen LogP contribution in [0, 0.1) is 0 Å². The average Bonchev–Trinajstić information content (AvgIpc) is 3.53. The molecule has 3 aromatic heterocycles. The SMILES string of the molecule is COCCn1c(=O)ccc2cnc(NC3CCN(S(=O)(=O)c4cccc(CN5CCC(c6ccc7c(N8CCC(=O)NC8=O)nn(C)c7c6)CC5)c4)CC3)nc21. The van der Waals surface area contributed by atoms with Crippen molar-refractivity contribution in [1.29, 1.82) is 0 Å². The summed E-state index contributed by atoms with van der Waals surface area (Å²) in [5.74, 6) is 1.05. The van der Waals surface area contributed by atoms with Crippen LogP contribution in [-0.2, 0) is 39.7 Å². The number of anilines is 2. The Balaban J connectivity index is 0.860. The molecule has 5 aromatic rings. The average molecular weight is 783 g/mol. The van der Waals surface area contributed by atoms with E-state index in [2.05, 4.69) is 42.7 Å². The Morgan fingerprint density at radius 1 is 0.946 bits per heavy atom. The van der Waals surface area contributed by atoms with Gasteiger partial charge in [0.05, 0.1) is 23.6 Å². The van der Waals surface area contributed by atoms with Crippen molar-refractivity contribution in [3.63, 3.8) is 0 Å². The van der Waals surface area contributed by atoms with Gasteiger partial charge in [-0.1, -0.05) is 18.2 Å². The third-order valence-electron chi connectivity index (χ3n) is 11.2. The minimum absolute atomic E-state index is 0.0182. The summed E-state index contributed by atoms with van der Waals surface area (Å²) in [7, 11) is -0.234. The first-order valence-corrected chi connectivity index (χ1v) is 20.5. The second kappa shape index (κ2) is 15.7. The first-order valence-electron chi connectivity index (χ1n) is 19.1. The van der Waals surface area contributed by atoms with Crippen molar-refractivity contribution >= 4 is 55.7 Å². The fraction of sp³-hybridized carbons (Fsp3) is 0.436. The molecule has 0 saturated carbocycles. The molecule has 0 bridgehead atoms. The van der Waals surface area contributed by atoms with Crippen LogP contribution in [0.25, 0.3) is 21.9 Å². The predicted octanol–water partition coefficient (Wildman–Crippen LogP) is 3.42. The lowest BCUT2D eigenvalue weighted by atomic mass is 9.89. The molecule has 294 valence electrons. The standard InChI is InChI=1S/C39H46N10O6S/c1-45-33-23-28(6-8-32(33)37(44-45)49-19-14-34(50)42-39(49)52)27-10-15-46(16-11-27)25-26-4-3-5-31(22-26)56(53,54)47-17-12-30(13-18-47)41-38-40-24-29-7-9-35(51)48(20-21-55-2)36(29)43-38/h3-9,22-24,27,30H,10-21,25H2,1-2H3,(H,40,41,43)(H,42,50,52). The molecular weight excluding hydrogens is 737 g/mol. The van der Waals surface area contributed by atoms with Crippen LogP contribution in [0.5, 0.6) is 0 Å². The number of benzene rings is 2. The van der Waals surface area contributed by atoms with Gasteiger partial charge in [-0.25, -0.2) is 18.2 Å². The molecule has 2 N–H and O–H groups in total. The summed E-state index contributed by atoms with van der Waals surface area (Å²) in [6.07, 6.45) is 5.04. The van der Waals surface area contributed by atoms with Crippen LogP contribution in [-0.4, -0.2) is 106 Å². The number of fused-ring (bicyclic) bond motifs is 2. The van der Waals surface area contributed by atoms with Crippen molar-refractivity contribution in [1.82, 2.24) is 38.8 Å². The zero-order valence-electron chi connectivity index (χ0n) is 31.6. The number of imide groups is 1. The number of methoxy groups -OCH3 is 1. The number of likely N-dealkylation sites (tertiary alicyclic amines) is 1. The van der Waals surface area contributed by atoms with Crippen molar-refractivity contribution in [3.05, 3.63) is 82.3 Å². The van der Waals surface area contributed by atoms with Crippen molar-refractivity contribution in [2.45, 2.75) is 62.0 Å². The van der Waals surface area contributed by atoms with Gasteiger partial charge in [-0.05, 0) is 86.1 Å². The van der Waals surface area contributed by atoms with Gasteiger partial charge in [0.25, 0.3) is 5.56 Å². The Kier molecular flexibility index (Phi) is 10.6. The summed E-state index contributed by atoms with van der Waals surface area (Å²) in [5.41, 5.74) is 3.50. The largest absolute Gasteiger partial charge is 0.383 e. The van der Waals surface area contributed by atoms with E-state index in [1.807, 2.05) is 31.3 Å². The van der Waals surface area contributed by atoms with Crippen LogP contribution in [0.3, 0.4) is 0 Å². The maximum Gasteiger partial charge on any atom is 0.329 e. The highest BCUT2D eigenvalue weighted by atomic mass is 32.2. The fourth-order valence-corrected chi connectivity index (χ4v) is 9.61. The van der Waals surface area contributed by atoms with Gasteiger partial charge in [0.1, 0.15) is 5.65 Å². The van der Waals surface area contributed by atoms with Gasteiger partial charge in [0.15, 0.2) is 5.82 Å². The summed E-state index contributed by atoms with van der Waals surface area (Å²) < 4.78 is 37.7. The number of hydrogen-bond donors (Lipinski definition) is 2. The van der Waals surface area contributed by atoms with Crippen molar-refractivity contribution in [2.24, 2.45) is 7.05 Å². The molecular formula is C39H46N10O6S. The topological polar surface area (TPSA) is 177 Å². The lowest BCUT2D eigenvalue weighted by Crippen LogP contribution is -2.49. The number of piperidine rings is 2. The molecule has 8 rings (SSSR count). The smallest absolute Gasteiger partial charge is 0.329 e. The predicted molar refractivity (Wildman–Crippen MR) is 211 cm³/mol. The lowest BCUT2D eigenvalue weighted by molar-refractivity contribution is -0.120. The normalized spacial score (nSPS) is 18.2. The maximum atomic E-state index is 13.8. The van der Waals surface area contributed by atoms with Gasteiger partial charge in [0.2, 0.25) is 21.9 Å². The van der Waals surface area contributed by atoms with Crippen LogP contribution in [0.15, 0.2) is 70.5 Å². The van der Waals surface area contributed by atoms with E-state index in [9.17, 15) is 22.8 Å². The molecule has 0 atom stereocenters. The van der Waals surface area contributed by atoms with Crippen molar-refractivity contribution in [2.75, 3.05) is 56.7 Å². The van der Waals surface area contributed by atoms with E-state index in [1.165, 1.54) is 16.5 Å². The molecule has 0 spiro atoms. The number of aryl methyl sites for hydroxylation is 1. The summed E-state index contributed by atoms with van der Waals surface area (Å²) in [5, 5.41) is 12.0. The number of carbonyl (C=O) groups excluding carboxylic acids is 2. The Morgan fingerprint density at radius 3 is 2.52 bits per heavy atom. The monoisotopic (exact) mass is 782 g/mol. The first-order chi connectivity index (χ1) is 27.1. The zero-order valence-corrected chi connectivity index (χ0v) is 32.4. The number of amides is 3. The molecule has 3 amide bonds. The molecule has 3 saturated heterocycles. The Labute approximate surface area is 324 Å². The molecule has 0 unspecified atom stereocenters. The summed E-state index contributed by atoms with van der Waals surface area (Å²) in [4.78, 5) is 50.0. The van der Waals surface area contributed by atoms with E-state index in [1.54, 1.807) is 39.0 Å². The third kappa shape index (κ3) is 7.63. The molecule has 17 heteroatoms. The second-order valence-electron chi connectivity index (χ2n) is 14.8. The van der Waals surface area contributed by atoms with Gasteiger partial charge >= 0.3 is 6.03 Å². The van der Waals surface area contributed by atoms with Crippen LogP contribution < -0.4 is 21.1 Å². The van der Waals surface area contributed by atoms with Crippen LogP contribution in [0.2, 0.25) is 0 Å². The van der Waals surface area contributed by atoms with E-state index < -0.39 is 16.1 Å². The Morgan fingerprint density at radius 2 is 1.75 bits per heavy atom. The quantitative estimate of drug-likeness (QED) is 0.201. The number of nitrogens with one attached hydrogen (secondary N) is 2. The van der Waals surface area contributed by atoms with E-state index in [-0.39, 0.29) is 23.9 Å².